The van der Waals surface area contributed by atoms with Crippen molar-refractivity contribution < 1.29 is 4.79 Å². The molecule has 3 atom stereocenters. The van der Waals surface area contributed by atoms with Crippen molar-refractivity contribution in [1.82, 2.24) is 5.32 Å². The molecule has 1 amide bonds. The van der Waals surface area contributed by atoms with Gasteiger partial charge in [0.25, 0.3) is 0 Å². The van der Waals surface area contributed by atoms with E-state index < -0.39 is 0 Å². The number of nitrogens with one attached hydrogen (secondary N) is 1. The predicted molar refractivity (Wildman–Crippen MR) is 90.4 cm³/mol. The van der Waals surface area contributed by atoms with Crippen LogP contribution in [-0.2, 0) is 4.79 Å². The van der Waals surface area contributed by atoms with E-state index in [-0.39, 0.29) is 11.5 Å². The molecule has 3 unspecified atom stereocenters. The number of alkyl halides is 1. The molecular weight excluding hydrogens is 326 g/mol. The van der Waals surface area contributed by atoms with Gasteiger partial charge in [0.15, 0.2) is 0 Å². The molecule has 0 spiro atoms. The van der Waals surface area contributed by atoms with Crippen LogP contribution in [0.25, 0.3) is 0 Å². The smallest absolute Gasteiger partial charge is 0.226 e. The molecule has 0 aromatic carbocycles. The van der Waals surface area contributed by atoms with Gasteiger partial charge in [-0.2, -0.15) is 0 Å². The molecule has 4 fully saturated rings. The summed E-state index contributed by atoms with van der Waals surface area (Å²) in [6, 6.07) is 0.256. The summed E-state index contributed by atoms with van der Waals surface area (Å²) in [7, 11) is 0. The summed E-state index contributed by atoms with van der Waals surface area (Å²) in [5.41, 5.74) is 0.749. The highest BCUT2D eigenvalue weighted by molar-refractivity contribution is 9.09. The Bertz CT molecular complexity index is 428. The largest absolute Gasteiger partial charge is 0.352 e. The summed E-state index contributed by atoms with van der Waals surface area (Å²) in [5, 5.41) is 4.22. The molecule has 4 bridgehead atoms. The lowest BCUT2D eigenvalue weighted by Gasteiger charge is -2.64. The van der Waals surface area contributed by atoms with Crippen LogP contribution in [0.15, 0.2) is 0 Å². The van der Waals surface area contributed by atoms with E-state index >= 15 is 0 Å². The highest BCUT2D eigenvalue weighted by Gasteiger charge is 2.62. The minimum absolute atomic E-state index is 0.0712. The first-order chi connectivity index (χ1) is 9.69. The second kappa shape index (κ2) is 4.97. The number of amides is 1. The highest BCUT2D eigenvalue weighted by Crippen LogP contribution is 2.69. The molecule has 0 aromatic heterocycles. The van der Waals surface area contributed by atoms with Crippen LogP contribution >= 0.6 is 15.9 Å². The summed E-state index contributed by atoms with van der Waals surface area (Å²) in [6.07, 6.45) is 7.40. The Hall–Kier alpha value is -0.0500. The Morgan fingerprint density at radius 1 is 1.14 bits per heavy atom. The average Bonchev–Trinajstić information content (AvgIpc) is 2.30. The first-order valence-corrected chi connectivity index (χ1v) is 9.68. The van der Waals surface area contributed by atoms with Crippen molar-refractivity contribution in [1.29, 1.82) is 0 Å². The standard InChI is InChI=1S/C18H30BrNO/c1-12(2)14(8-19)20-15(21)18-7-13-5-16(3,10-18)9-17(4,6-13)11-18/h12-14H,5-11H2,1-4H3,(H,20,21). The van der Waals surface area contributed by atoms with E-state index in [0.29, 0.717) is 22.7 Å². The molecule has 0 aliphatic heterocycles. The van der Waals surface area contributed by atoms with Crippen molar-refractivity contribution in [3.63, 3.8) is 0 Å². The Morgan fingerprint density at radius 2 is 1.71 bits per heavy atom. The first kappa shape index (κ1) is 15.8. The molecule has 120 valence electrons. The molecular formula is C18H30BrNO. The zero-order chi connectivity index (χ0) is 15.5. The van der Waals surface area contributed by atoms with Crippen LogP contribution in [-0.4, -0.2) is 17.3 Å². The fourth-order valence-electron chi connectivity index (χ4n) is 6.41. The van der Waals surface area contributed by atoms with Crippen molar-refractivity contribution in [3.8, 4) is 0 Å². The molecule has 4 aliphatic carbocycles. The number of hydrogen-bond acceptors (Lipinski definition) is 1. The molecule has 3 heteroatoms. The van der Waals surface area contributed by atoms with Crippen molar-refractivity contribution in [2.75, 3.05) is 5.33 Å². The highest BCUT2D eigenvalue weighted by atomic mass is 79.9. The maximum atomic E-state index is 13.1. The lowest BCUT2D eigenvalue weighted by atomic mass is 9.40. The fourth-order valence-corrected chi connectivity index (χ4v) is 7.32. The Labute approximate surface area is 138 Å². The normalized spacial score (nSPS) is 45.9. The van der Waals surface area contributed by atoms with Crippen LogP contribution in [0.5, 0.6) is 0 Å². The number of hydrogen-bond donors (Lipinski definition) is 1. The molecule has 0 aromatic rings. The van der Waals surface area contributed by atoms with Crippen LogP contribution in [0.1, 0.15) is 66.2 Å². The van der Waals surface area contributed by atoms with Gasteiger partial charge < -0.3 is 5.32 Å². The van der Waals surface area contributed by atoms with E-state index in [1.54, 1.807) is 0 Å². The Kier molecular flexibility index (Phi) is 3.75. The van der Waals surface area contributed by atoms with Crippen molar-refractivity contribution in [2.45, 2.75) is 72.3 Å². The maximum absolute atomic E-state index is 13.1. The molecule has 0 saturated heterocycles. The van der Waals surface area contributed by atoms with Crippen LogP contribution in [0, 0.1) is 28.1 Å². The molecule has 4 saturated carbocycles. The summed E-state index contributed by atoms with van der Waals surface area (Å²) in [6.45, 7) is 9.24. The number of halogens is 1. The van der Waals surface area contributed by atoms with Gasteiger partial charge in [-0.05, 0) is 61.2 Å². The van der Waals surface area contributed by atoms with Gasteiger partial charge in [0.05, 0.1) is 5.41 Å². The third kappa shape index (κ3) is 2.68. The van der Waals surface area contributed by atoms with Gasteiger partial charge in [-0.1, -0.05) is 43.6 Å². The topological polar surface area (TPSA) is 29.1 Å². The van der Waals surface area contributed by atoms with E-state index in [1.165, 1.54) is 19.3 Å². The molecule has 0 heterocycles. The predicted octanol–water partition coefficient (Wildman–Crippen LogP) is 4.52. The van der Waals surface area contributed by atoms with Gasteiger partial charge in [0.2, 0.25) is 5.91 Å². The van der Waals surface area contributed by atoms with Gasteiger partial charge in [0.1, 0.15) is 0 Å². The third-order valence-corrected chi connectivity index (χ3v) is 7.09. The minimum Gasteiger partial charge on any atom is -0.352 e. The Balaban J connectivity index is 1.82. The fraction of sp³-hybridized carbons (Fsp3) is 0.944. The minimum atomic E-state index is -0.0712. The van der Waals surface area contributed by atoms with Crippen LogP contribution in [0.3, 0.4) is 0 Å². The number of carbonyl (C=O) groups is 1. The van der Waals surface area contributed by atoms with Gasteiger partial charge in [0, 0.05) is 11.4 Å². The molecule has 4 aliphatic rings. The maximum Gasteiger partial charge on any atom is 0.226 e. The summed E-state index contributed by atoms with van der Waals surface area (Å²) in [5.74, 6) is 1.61. The lowest BCUT2D eigenvalue weighted by Crippen LogP contribution is -2.61. The second-order valence-electron chi connectivity index (χ2n) is 9.39. The zero-order valence-electron chi connectivity index (χ0n) is 14.0. The zero-order valence-corrected chi connectivity index (χ0v) is 15.6. The van der Waals surface area contributed by atoms with Crippen LogP contribution in [0.2, 0.25) is 0 Å². The van der Waals surface area contributed by atoms with Crippen LogP contribution in [0.4, 0.5) is 0 Å². The molecule has 1 N–H and O–H groups in total. The molecule has 4 rings (SSSR count). The van der Waals surface area contributed by atoms with E-state index in [1.807, 2.05) is 0 Å². The van der Waals surface area contributed by atoms with Gasteiger partial charge >= 0.3 is 0 Å². The number of carbonyl (C=O) groups excluding carboxylic acids is 1. The van der Waals surface area contributed by atoms with Crippen LogP contribution < -0.4 is 5.32 Å². The van der Waals surface area contributed by atoms with Gasteiger partial charge in [-0.15, -0.1) is 0 Å². The van der Waals surface area contributed by atoms with Crippen molar-refractivity contribution >= 4 is 21.8 Å². The second-order valence-corrected chi connectivity index (χ2v) is 10.0. The van der Waals surface area contributed by atoms with E-state index in [9.17, 15) is 4.79 Å². The van der Waals surface area contributed by atoms with E-state index in [2.05, 4.69) is 48.9 Å². The summed E-state index contributed by atoms with van der Waals surface area (Å²) < 4.78 is 0. The molecule has 21 heavy (non-hydrogen) atoms. The molecule has 2 nitrogen and oxygen atoms in total. The van der Waals surface area contributed by atoms with Gasteiger partial charge in [-0.3, -0.25) is 4.79 Å². The average molecular weight is 356 g/mol. The lowest BCUT2D eigenvalue weighted by molar-refractivity contribution is -0.170. The molecule has 0 radical (unpaired) electrons. The summed E-state index contributed by atoms with van der Waals surface area (Å²) in [4.78, 5) is 13.1. The van der Waals surface area contributed by atoms with Crippen molar-refractivity contribution in [3.05, 3.63) is 0 Å². The Morgan fingerprint density at radius 3 is 2.14 bits per heavy atom. The van der Waals surface area contributed by atoms with Crippen molar-refractivity contribution in [2.24, 2.45) is 28.1 Å². The van der Waals surface area contributed by atoms with E-state index in [4.69, 9.17) is 0 Å². The quantitative estimate of drug-likeness (QED) is 0.738. The van der Waals surface area contributed by atoms with E-state index in [0.717, 1.165) is 30.5 Å². The third-order valence-electron chi connectivity index (χ3n) is 6.40. The SMILES string of the molecule is CC(C)C(CBr)NC(=O)C12CC3CC(C)(CC(C)(C3)C1)C2. The first-order valence-electron chi connectivity index (χ1n) is 8.56. The monoisotopic (exact) mass is 355 g/mol. The number of rotatable bonds is 4. The summed E-state index contributed by atoms with van der Waals surface area (Å²) >= 11 is 3.56. The van der Waals surface area contributed by atoms with Gasteiger partial charge in [-0.25, -0.2) is 0 Å².